The van der Waals surface area contributed by atoms with E-state index in [-0.39, 0.29) is 11.8 Å². The fourth-order valence-electron chi connectivity index (χ4n) is 3.09. The molecule has 2 aromatic rings. The van der Waals surface area contributed by atoms with Crippen LogP contribution in [-0.2, 0) is 0 Å². The summed E-state index contributed by atoms with van der Waals surface area (Å²) in [6, 6.07) is 3.39. The Bertz CT molecular complexity index is 920. The average molecular weight is 406 g/mol. The number of rotatable bonds is 4. The molecule has 1 unspecified atom stereocenters. The summed E-state index contributed by atoms with van der Waals surface area (Å²) >= 11 is 2.85. The maximum Gasteiger partial charge on any atom is 0.321 e. The summed E-state index contributed by atoms with van der Waals surface area (Å²) in [7, 11) is 0. The molecule has 0 spiro atoms. The molecule has 3 N–H and O–H groups in total. The number of carbonyl (C=O) groups excluding carboxylic acids is 1. The number of urea groups is 1. The lowest BCUT2D eigenvalue weighted by atomic mass is 10.1. The van der Waals surface area contributed by atoms with E-state index < -0.39 is 0 Å². The van der Waals surface area contributed by atoms with Crippen molar-refractivity contribution in [3.8, 4) is 0 Å². The van der Waals surface area contributed by atoms with Gasteiger partial charge in [0, 0.05) is 30.3 Å². The summed E-state index contributed by atoms with van der Waals surface area (Å²) in [5.74, 6) is -0.289. The Labute approximate surface area is 165 Å². The minimum Gasteiger partial charge on any atom is -0.338 e. The molecular weight excluding hydrogens is 385 g/mol. The quantitative estimate of drug-likeness (QED) is 0.676. The molecule has 142 valence electrons. The van der Waals surface area contributed by atoms with Crippen LogP contribution in [0, 0.1) is 5.82 Å². The highest BCUT2D eigenvalue weighted by molar-refractivity contribution is 8.00. The number of aromatic nitrogens is 1. The van der Waals surface area contributed by atoms with E-state index >= 15 is 0 Å². The number of carbonyl (C=O) groups is 1. The van der Waals surface area contributed by atoms with E-state index in [0.29, 0.717) is 33.5 Å². The Balaban J connectivity index is 1.54. The van der Waals surface area contributed by atoms with E-state index in [1.807, 2.05) is 24.6 Å². The second kappa shape index (κ2) is 7.87. The first-order valence-electron chi connectivity index (χ1n) is 8.83. The third kappa shape index (κ3) is 3.95. The molecule has 1 saturated heterocycles. The number of thiazole rings is 1. The van der Waals surface area contributed by atoms with Gasteiger partial charge in [0.05, 0.1) is 16.3 Å². The van der Waals surface area contributed by atoms with Gasteiger partial charge in [-0.25, -0.2) is 14.2 Å². The molecule has 1 aromatic carbocycles. The predicted molar refractivity (Wildman–Crippen MR) is 110 cm³/mol. The third-order valence-corrected chi connectivity index (χ3v) is 6.40. The number of hydrogen-bond acceptors (Lipinski definition) is 6. The lowest BCUT2D eigenvalue weighted by Crippen LogP contribution is -2.28. The van der Waals surface area contributed by atoms with Crippen LogP contribution in [0.1, 0.15) is 18.9 Å². The Morgan fingerprint density at radius 3 is 3.07 bits per heavy atom. The largest absolute Gasteiger partial charge is 0.338 e. The van der Waals surface area contributed by atoms with Crippen LogP contribution in [0.3, 0.4) is 0 Å². The van der Waals surface area contributed by atoms with Gasteiger partial charge in [0.2, 0.25) is 0 Å². The van der Waals surface area contributed by atoms with Crippen molar-refractivity contribution in [2.75, 3.05) is 25.0 Å². The number of allylic oxidation sites excluding steroid dienone is 2. The molecule has 27 heavy (non-hydrogen) atoms. The number of nitrogens with one attached hydrogen (secondary N) is 3. The standard InChI is InChI=1S/C18H20FN5OS2/c1-2-21-17(25)23-18-22-15-7-13(14(19)8-16(15)27-18)11-4-6-24(26-10-11)12-3-5-20-9-12/h4,6-8,10,12,20H,2-3,5,9H2,1H3,(H2,21,22,23,25). The van der Waals surface area contributed by atoms with Crippen LogP contribution in [0.5, 0.6) is 0 Å². The number of hydrogen-bond donors (Lipinski definition) is 3. The van der Waals surface area contributed by atoms with Gasteiger partial charge in [-0.05, 0) is 55.6 Å². The first-order chi connectivity index (χ1) is 13.1. The van der Waals surface area contributed by atoms with E-state index in [1.54, 1.807) is 18.0 Å². The minimum absolute atomic E-state index is 0.289. The average Bonchev–Trinajstić information content (AvgIpc) is 3.30. The van der Waals surface area contributed by atoms with Gasteiger partial charge in [0.1, 0.15) is 5.82 Å². The maximum absolute atomic E-state index is 14.7. The van der Waals surface area contributed by atoms with Crippen molar-refractivity contribution < 1.29 is 9.18 Å². The fraction of sp³-hybridized carbons (Fsp3) is 0.333. The Hall–Kier alpha value is -2.10. The van der Waals surface area contributed by atoms with Crippen LogP contribution in [0.2, 0.25) is 0 Å². The Morgan fingerprint density at radius 1 is 1.48 bits per heavy atom. The second-order valence-corrected chi connectivity index (χ2v) is 8.20. The topological polar surface area (TPSA) is 69.3 Å². The van der Waals surface area contributed by atoms with Crippen LogP contribution in [0.15, 0.2) is 29.8 Å². The zero-order valence-corrected chi connectivity index (χ0v) is 16.4. The van der Waals surface area contributed by atoms with Gasteiger partial charge in [-0.3, -0.25) is 5.32 Å². The molecule has 1 atom stereocenters. The molecule has 6 nitrogen and oxygen atoms in total. The molecule has 2 aliphatic heterocycles. The van der Waals surface area contributed by atoms with Gasteiger partial charge in [-0.2, -0.15) is 0 Å². The van der Waals surface area contributed by atoms with Crippen molar-refractivity contribution >= 4 is 50.2 Å². The van der Waals surface area contributed by atoms with Crippen molar-refractivity contribution in [1.29, 1.82) is 0 Å². The maximum atomic E-state index is 14.7. The summed E-state index contributed by atoms with van der Waals surface area (Å²) in [5, 5.41) is 11.1. The van der Waals surface area contributed by atoms with Crippen molar-refractivity contribution in [1.82, 2.24) is 19.9 Å². The van der Waals surface area contributed by atoms with Crippen molar-refractivity contribution in [3.05, 3.63) is 41.2 Å². The summed E-state index contributed by atoms with van der Waals surface area (Å²) in [6.45, 7) is 4.38. The van der Waals surface area contributed by atoms with Crippen LogP contribution in [0.4, 0.5) is 14.3 Å². The summed E-state index contributed by atoms with van der Waals surface area (Å²) in [6.07, 6.45) is 5.07. The lowest BCUT2D eigenvalue weighted by Gasteiger charge is -2.26. The molecule has 0 aliphatic carbocycles. The molecule has 9 heteroatoms. The van der Waals surface area contributed by atoms with E-state index in [0.717, 1.165) is 25.1 Å². The Morgan fingerprint density at radius 2 is 2.37 bits per heavy atom. The van der Waals surface area contributed by atoms with Gasteiger partial charge in [0.15, 0.2) is 5.13 Å². The number of benzene rings is 1. The highest BCUT2D eigenvalue weighted by Gasteiger charge is 2.22. The number of halogens is 1. The zero-order chi connectivity index (χ0) is 18.8. The molecule has 0 saturated carbocycles. The summed E-state index contributed by atoms with van der Waals surface area (Å²) < 4.78 is 17.6. The molecule has 3 heterocycles. The first kappa shape index (κ1) is 18.3. The van der Waals surface area contributed by atoms with Crippen LogP contribution >= 0.6 is 23.3 Å². The highest BCUT2D eigenvalue weighted by atomic mass is 32.2. The molecule has 1 fully saturated rings. The number of anilines is 1. The SMILES string of the molecule is CCNC(=O)Nc1nc2cc(C3=CSN(C4CCNC4)C=C3)c(F)cc2s1. The number of amides is 2. The van der Waals surface area contributed by atoms with E-state index in [1.165, 1.54) is 17.4 Å². The van der Waals surface area contributed by atoms with E-state index in [2.05, 4.69) is 25.2 Å². The van der Waals surface area contributed by atoms with Crippen LogP contribution in [-0.4, -0.2) is 41.0 Å². The van der Waals surface area contributed by atoms with Crippen molar-refractivity contribution in [2.45, 2.75) is 19.4 Å². The van der Waals surface area contributed by atoms with Crippen molar-refractivity contribution in [3.63, 3.8) is 0 Å². The van der Waals surface area contributed by atoms with Crippen molar-refractivity contribution in [2.24, 2.45) is 0 Å². The van der Waals surface area contributed by atoms with Crippen LogP contribution < -0.4 is 16.0 Å². The molecule has 0 radical (unpaired) electrons. The van der Waals surface area contributed by atoms with E-state index in [9.17, 15) is 9.18 Å². The van der Waals surface area contributed by atoms with Gasteiger partial charge in [-0.15, -0.1) is 0 Å². The van der Waals surface area contributed by atoms with Crippen LogP contribution in [0.25, 0.3) is 15.8 Å². The smallest absolute Gasteiger partial charge is 0.321 e. The van der Waals surface area contributed by atoms with Gasteiger partial charge >= 0.3 is 6.03 Å². The molecule has 4 rings (SSSR count). The van der Waals surface area contributed by atoms with E-state index in [4.69, 9.17) is 0 Å². The highest BCUT2D eigenvalue weighted by Crippen LogP contribution is 2.35. The first-order valence-corrected chi connectivity index (χ1v) is 10.5. The summed E-state index contributed by atoms with van der Waals surface area (Å²) in [5.41, 5.74) is 2.02. The van der Waals surface area contributed by atoms with Gasteiger partial charge < -0.3 is 14.9 Å². The normalized spacial score (nSPS) is 19.4. The second-order valence-electron chi connectivity index (χ2n) is 6.30. The molecule has 2 aliphatic rings. The minimum atomic E-state index is -0.312. The van der Waals surface area contributed by atoms with Gasteiger partial charge in [-0.1, -0.05) is 11.3 Å². The number of fused-ring (bicyclic) bond motifs is 1. The molecule has 2 amide bonds. The monoisotopic (exact) mass is 405 g/mol. The Kier molecular flexibility index (Phi) is 5.33. The summed E-state index contributed by atoms with van der Waals surface area (Å²) in [4.78, 5) is 16.1. The zero-order valence-electron chi connectivity index (χ0n) is 14.8. The molecular formula is C18H20FN5OS2. The van der Waals surface area contributed by atoms with Gasteiger partial charge in [0.25, 0.3) is 0 Å². The fourth-order valence-corrected chi connectivity index (χ4v) is 4.88. The predicted octanol–water partition coefficient (Wildman–Crippen LogP) is 3.76. The lowest BCUT2D eigenvalue weighted by molar-refractivity contribution is 0.252. The number of nitrogens with zero attached hydrogens (tertiary/aromatic N) is 2. The molecule has 0 bridgehead atoms. The molecule has 1 aromatic heterocycles. The third-order valence-electron chi connectivity index (χ3n) is 4.44.